The minimum absolute atomic E-state index is 0.293. The van der Waals surface area contributed by atoms with Crippen molar-refractivity contribution in [3.8, 4) is 5.75 Å². The first kappa shape index (κ1) is 69.1. The van der Waals surface area contributed by atoms with Crippen molar-refractivity contribution in [3.63, 3.8) is 0 Å². The summed E-state index contributed by atoms with van der Waals surface area (Å²) in [5.41, 5.74) is -1.45. The van der Waals surface area contributed by atoms with Gasteiger partial charge >= 0.3 is 34.4 Å². The molecule has 2 spiro atoms. The highest BCUT2D eigenvalue weighted by Crippen LogP contribution is 2.63. The van der Waals surface area contributed by atoms with Crippen molar-refractivity contribution in [2.45, 2.75) is 284 Å². The molecule has 0 aromatic heterocycles. The maximum absolute atomic E-state index is 7.03. The molecule has 4 heterocycles. The lowest BCUT2D eigenvalue weighted by Crippen LogP contribution is -2.64. The quantitative estimate of drug-likeness (QED) is 0.0458. The van der Waals surface area contributed by atoms with Crippen LogP contribution in [-0.2, 0) is 49.8 Å². The summed E-state index contributed by atoms with van der Waals surface area (Å²) >= 11 is 0. The largest absolute Gasteiger partial charge is 0.427 e. The zero-order valence-corrected chi connectivity index (χ0v) is 53.6. The van der Waals surface area contributed by atoms with Gasteiger partial charge in [-0.1, -0.05) is 271 Å². The highest BCUT2D eigenvalue weighted by molar-refractivity contribution is 7.42. The van der Waals surface area contributed by atoms with Crippen LogP contribution in [0.1, 0.15) is 272 Å². The van der Waals surface area contributed by atoms with Crippen LogP contribution >= 0.6 is 34.4 Å². The van der Waals surface area contributed by atoms with E-state index in [0.29, 0.717) is 65.2 Å². The fourth-order valence-electron chi connectivity index (χ4n) is 10.9. The molecule has 454 valence electrons. The lowest BCUT2D eigenvalue weighted by molar-refractivity contribution is -0.205. The van der Waals surface area contributed by atoms with Gasteiger partial charge in [0.25, 0.3) is 0 Å². The number of para-hydroxylation sites is 1. The molecule has 0 N–H and O–H groups in total. The summed E-state index contributed by atoms with van der Waals surface area (Å²) in [7, 11) is -6.52. The van der Waals surface area contributed by atoms with E-state index >= 15 is 0 Å². The fourth-order valence-corrected chi connectivity index (χ4v) is 16.0. The van der Waals surface area contributed by atoms with Crippen LogP contribution < -0.4 is 4.52 Å². The predicted octanol–water partition coefficient (Wildman–Crippen LogP) is 21.4. The summed E-state index contributed by atoms with van der Waals surface area (Å²) in [5.74, 6) is 1.44. The smallest absolute Gasteiger partial charge is 0.397 e. The molecule has 0 radical (unpaired) electrons. The third-order valence-electron chi connectivity index (χ3n) is 16.1. The SMILES string of the molecule is CCCCCCCCCCCCCCCCCCOP1OCC2(CO1)COP(OCCCCCCCCCCCCCCCCCC)OC2C1OP(Oc2ccccc2)OCC12COP(OCCCCCCCC(C)C)OC2. The number of hydrogen-bond donors (Lipinski definition) is 0. The second kappa shape index (κ2) is 44.7. The van der Waals surface area contributed by atoms with E-state index in [1.165, 1.54) is 205 Å². The average molecular weight is 1180 g/mol. The Labute approximate surface area is 482 Å². The van der Waals surface area contributed by atoms with E-state index in [1.807, 2.05) is 30.3 Å². The van der Waals surface area contributed by atoms with Gasteiger partial charge < -0.3 is 49.8 Å². The maximum Gasteiger partial charge on any atom is 0.397 e. The zero-order chi connectivity index (χ0) is 54.9. The van der Waals surface area contributed by atoms with E-state index < -0.39 is 57.4 Å². The first-order valence-corrected chi connectivity index (χ1v) is 36.8. The van der Waals surface area contributed by atoms with E-state index in [9.17, 15) is 0 Å². The number of hydrogen-bond acceptors (Lipinski definition) is 12. The van der Waals surface area contributed by atoms with Crippen molar-refractivity contribution in [3.05, 3.63) is 30.3 Å². The molecule has 0 amide bonds. The van der Waals surface area contributed by atoms with E-state index in [-0.39, 0.29) is 0 Å². The summed E-state index contributed by atoms with van der Waals surface area (Å²) in [6, 6.07) is 9.70. The molecular formula is C62H114O12P4. The topological polar surface area (TPSA) is 111 Å². The molecule has 0 bridgehead atoms. The number of unbranched alkanes of at least 4 members (excludes halogenated alkanes) is 34. The normalized spacial score (nSPS) is 25.7. The molecule has 1 aromatic rings. The van der Waals surface area contributed by atoms with Crippen LogP contribution in [0.5, 0.6) is 5.75 Å². The van der Waals surface area contributed by atoms with Crippen molar-refractivity contribution in [1.29, 1.82) is 0 Å². The Morgan fingerprint density at radius 3 is 1.00 bits per heavy atom. The Balaban J connectivity index is 1.09. The van der Waals surface area contributed by atoms with E-state index in [2.05, 4.69) is 27.7 Å². The van der Waals surface area contributed by atoms with Crippen molar-refractivity contribution >= 4 is 34.4 Å². The average Bonchev–Trinajstić information content (AvgIpc) is 3.56. The molecule has 0 saturated carbocycles. The lowest BCUT2D eigenvalue weighted by atomic mass is 9.72. The Morgan fingerprint density at radius 2 is 0.654 bits per heavy atom. The number of benzene rings is 1. The van der Waals surface area contributed by atoms with Gasteiger partial charge in [-0.15, -0.1) is 0 Å². The maximum atomic E-state index is 7.03. The second-order valence-electron chi connectivity index (χ2n) is 23.8. The molecule has 4 saturated heterocycles. The van der Waals surface area contributed by atoms with E-state index in [1.54, 1.807) is 0 Å². The molecule has 0 aliphatic carbocycles. The van der Waals surface area contributed by atoms with Crippen molar-refractivity contribution in [1.82, 2.24) is 0 Å². The fraction of sp³-hybridized carbons (Fsp3) is 0.903. The summed E-state index contributed by atoms with van der Waals surface area (Å²) in [6.07, 6.45) is 48.7. The minimum Gasteiger partial charge on any atom is -0.427 e. The van der Waals surface area contributed by atoms with E-state index in [4.69, 9.17) is 54.3 Å². The van der Waals surface area contributed by atoms with Crippen LogP contribution in [0.2, 0.25) is 0 Å². The summed E-state index contributed by atoms with van der Waals surface area (Å²) in [6.45, 7) is 12.9. The first-order valence-electron chi connectivity index (χ1n) is 32.4. The zero-order valence-electron chi connectivity index (χ0n) is 50.0. The molecule has 78 heavy (non-hydrogen) atoms. The van der Waals surface area contributed by atoms with Crippen molar-refractivity contribution in [2.24, 2.45) is 16.7 Å². The first-order chi connectivity index (χ1) is 38.4. The molecule has 4 unspecified atom stereocenters. The monoisotopic (exact) mass is 1170 g/mol. The van der Waals surface area contributed by atoms with Gasteiger partial charge in [0.15, 0.2) is 0 Å². The summed E-state index contributed by atoms with van der Waals surface area (Å²) < 4.78 is 78.2. The third kappa shape index (κ3) is 29.4. The van der Waals surface area contributed by atoms with Crippen LogP contribution in [0, 0.1) is 16.7 Å². The van der Waals surface area contributed by atoms with Crippen molar-refractivity contribution in [2.75, 3.05) is 59.5 Å². The Hall–Kier alpha value is 0.300. The molecule has 4 aliphatic heterocycles. The van der Waals surface area contributed by atoms with Gasteiger partial charge in [0.2, 0.25) is 0 Å². The van der Waals surface area contributed by atoms with Crippen LogP contribution in [0.15, 0.2) is 30.3 Å². The molecule has 12 nitrogen and oxygen atoms in total. The van der Waals surface area contributed by atoms with Crippen LogP contribution in [0.4, 0.5) is 0 Å². The Morgan fingerprint density at radius 1 is 0.372 bits per heavy atom. The predicted molar refractivity (Wildman–Crippen MR) is 325 cm³/mol. The Kier molecular flexibility index (Phi) is 39.6. The van der Waals surface area contributed by atoms with Gasteiger partial charge in [-0.2, -0.15) is 0 Å². The van der Waals surface area contributed by atoms with Gasteiger partial charge in [0.1, 0.15) is 18.0 Å². The van der Waals surface area contributed by atoms with Gasteiger partial charge in [0, 0.05) is 0 Å². The molecule has 16 heteroatoms. The van der Waals surface area contributed by atoms with Crippen LogP contribution in [0.3, 0.4) is 0 Å². The van der Waals surface area contributed by atoms with Gasteiger partial charge in [-0.05, 0) is 37.3 Å². The van der Waals surface area contributed by atoms with Crippen molar-refractivity contribution < 1.29 is 54.3 Å². The molecule has 4 fully saturated rings. The van der Waals surface area contributed by atoms with E-state index in [0.717, 1.165) is 44.4 Å². The number of rotatable bonds is 48. The van der Waals surface area contributed by atoms with Crippen LogP contribution in [-0.4, -0.2) is 71.7 Å². The molecule has 5 rings (SSSR count). The minimum atomic E-state index is -1.81. The highest BCUT2D eigenvalue weighted by Gasteiger charge is 2.62. The lowest BCUT2D eigenvalue weighted by Gasteiger charge is -2.55. The molecule has 1 aromatic carbocycles. The second-order valence-corrected chi connectivity index (χ2v) is 28.5. The molecular weight excluding hydrogens is 1060 g/mol. The van der Waals surface area contributed by atoms with Gasteiger partial charge in [-0.25, -0.2) is 0 Å². The standard InChI is InChI=1S/C62H114O12P4/c1-5-7-9-11-13-15-17-19-21-23-25-27-29-31-35-42-48-63-75-66-51-61(52-67-75)55-70-77(65-50-44-36-32-30-28-26-24-22-20-18-16-14-12-10-8-6-2)73-59(61)60-62(56-71-78(74-60)72-58-46-40-38-41-47-58)53-68-76(69-54-62)64-49-43-37-33-34-39-45-57(3)4/h38,40-41,46-47,57,59-60H,5-37,39,42-45,48-56H2,1-4H3. The van der Waals surface area contributed by atoms with Gasteiger partial charge in [0.05, 0.1) is 70.3 Å². The van der Waals surface area contributed by atoms with Gasteiger partial charge in [-0.3, -0.25) is 4.52 Å². The van der Waals surface area contributed by atoms with Crippen LogP contribution in [0.25, 0.3) is 0 Å². The third-order valence-corrected chi connectivity index (χ3v) is 20.4. The molecule has 4 aliphatic rings. The summed E-state index contributed by atoms with van der Waals surface area (Å²) in [4.78, 5) is 0. The summed E-state index contributed by atoms with van der Waals surface area (Å²) in [5, 5.41) is 0. The molecule has 4 atom stereocenters. The highest BCUT2D eigenvalue weighted by atomic mass is 31.2. The Bertz CT molecular complexity index is 1520.